The number of aromatic nitrogens is 2. The Morgan fingerprint density at radius 3 is 2.81 bits per heavy atom. The number of halogens is 3. The van der Waals surface area contributed by atoms with Crippen LogP contribution in [0.3, 0.4) is 0 Å². The zero-order valence-corrected chi connectivity index (χ0v) is 18.3. The number of hydrogen-bond donors (Lipinski definition) is 1. The van der Waals surface area contributed by atoms with Gasteiger partial charge >= 0.3 is 6.18 Å². The van der Waals surface area contributed by atoms with Gasteiger partial charge in [-0.05, 0) is 38.3 Å². The summed E-state index contributed by atoms with van der Waals surface area (Å²) in [5.41, 5.74) is 1.88. The molecule has 1 aliphatic heterocycles. The average Bonchev–Trinajstić information content (AvgIpc) is 3.00. The lowest BCUT2D eigenvalue weighted by Crippen LogP contribution is -2.29. The van der Waals surface area contributed by atoms with Gasteiger partial charge in [0.2, 0.25) is 11.8 Å². The molecule has 0 atom stereocenters. The van der Waals surface area contributed by atoms with Gasteiger partial charge in [-0.1, -0.05) is 6.07 Å². The van der Waals surface area contributed by atoms with E-state index in [1.54, 1.807) is 6.20 Å². The number of nitrogens with zero attached hydrogens (tertiary/aromatic N) is 3. The van der Waals surface area contributed by atoms with E-state index in [9.17, 15) is 18.0 Å². The van der Waals surface area contributed by atoms with Crippen molar-refractivity contribution in [3.8, 4) is 5.88 Å². The molecule has 0 radical (unpaired) electrons. The number of rotatable bonds is 9. The van der Waals surface area contributed by atoms with E-state index in [0.717, 1.165) is 60.0 Å². The number of amides is 1. The lowest BCUT2D eigenvalue weighted by atomic mass is 10.1. The van der Waals surface area contributed by atoms with E-state index in [1.165, 1.54) is 17.4 Å². The molecule has 2 aromatic heterocycles. The lowest BCUT2D eigenvalue weighted by molar-refractivity contribution is -0.154. The number of unbranched alkanes of at least 4 members (excludes halogenated alkanes) is 1. The summed E-state index contributed by atoms with van der Waals surface area (Å²) in [6.07, 6.45) is 1.10. The summed E-state index contributed by atoms with van der Waals surface area (Å²) in [6, 6.07) is 3.33. The van der Waals surface area contributed by atoms with Crippen molar-refractivity contribution in [2.24, 2.45) is 0 Å². The zero-order valence-electron chi connectivity index (χ0n) is 17.5. The molecule has 0 spiro atoms. The van der Waals surface area contributed by atoms with Crippen LogP contribution in [0.4, 0.5) is 13.2 Å². The fourth-order valence-corrected chi connectivity index (χ4v) is 4.26. The van der Waals surface area contributed by atoms with Crippen molar-refractivity contribution < 1.29 is 22.7 Å². The first-order valence-electron chi connectivity index (χ1n) is 10.4. The first-order valence-corrected chi connectivity index (χ1v) is 11.2. The number of fused-ring (bicyclic) bond motifs is 1. The number of alkyl halides is 3. The Kier molecular flexibility index (Phi) is 8.25. The van der Waals surface area contributed by atoms with Gasteiger partial charge in [-0.3, -0.25) is 4.79 Å². The highest BCUT2D eigenvalue weighted by Gasteiger charge is 2.28. The molecule has 0 bridgehead atoms. The van der Waals surface area contributed by atoms with Gasteiger partial charge in [-0.2, -0.15) is 13.2 Å². The van der Waals surface area contributed by atoms with Crippen LogP contribution >= 0.6 is 11.3 Å². The van der Waals surface area contributed by atoms with Crippen LogP contribution in [0.5, 0.6) is 5.88 Å². The number of thiazole rings is 1. The highest BCUT2D eigenvalue weighted by atomic mass is 32.1. The number of pyridine rings is 1. The average molecular weight is 457 g/mol. The molecule has 0 saturated heterocycles. The van der Waals surface area contributed by atoms with Crippen molar-refractivity contribution in [3.63, 3.8) is 0 Å². The summed E-state index contributed by atoms with van der Waals surface area (Å²) in [7, 11) is 0. The molecule has 0 unspecified atom stereocenters. The first kappa shape index (κ1) is 23.5. The van der Waals surface area contributed by atoms with E-state index >= 15 is 0 Å². The summed E-state index contributed by atoms with van der Waals surface area (Å²) in [5.74, 6) is 0.0391. The van der Waals surface area contributed by atoms with Gasteiger partial charge in [0.25, 0.3) is 0 Å². The quantitative estimate of drug-likeness (QED) is 0.587. The summed E-state index contributed by atoms with van der Waals surface area (Å²) in [5, 5.41) is 3.91. The highest BCUT2D eigenvalue weighted by Crippen LogP contribution is 2.21. The minimum atomic E-state index is -4.37. The van der Waals surface area contributed by atoms with Crippen molar-refractivity contribution in [2.45, 2.75) is 45.2 Å². The molecule has 6 nitrogen and oxygen atoms in total. The van der Waals surface area contributed by atoms with Gasteiger partial charge in [0.1, 0.15) is 0 Å². The van der Waals surface area contributed by atoms with Gasteiger partial charge < -0.3 is 15.0 Å². The van der Waals surface area contributed by atoms with Crippen molar-refractivity contribution in [1.29, 1.82) is 0 Å². The number of ether oxygens (including phenoxy) is 1. The zero-order chi connectivity index (χ0) is 22.3. The molecule has 31 heavy (non-hydrogen) atoms. The standard InChI is InChI=1S/C21H27F3N4O2S/c1-15-26-13-17(31-15)12-19(29)25-8-2-3-9-28-10-6-16-4-5-20(27-18(16)7-11-28)30-14-21(22,23)24/h4-5,13H,2-3,6-12,14H2,1H3,(H,25,29). The molecule has 1 amide bonds. The molecule has 10 heteroatoms. The Morgan fingerprint density at radius 2 is 2.06 bits per heavy atom. The third-order valence-electron chi connectivity index (χ3n) is 5.02. The molecule has 0 aromatic carbocycles. The largest absolute Gasteiger partial charge is 0.468 e. The van der Waals surface area contributed by atoms with Crippen molar-refractivity contribution in [1.82, 2.24) is 20.2 Å². The molecule has 2 aromatic rings. The molecule has 0 aliphatic carbocycles. The van der Waals surface area contributed by atoms with Gasteiger partial charge in [0.15, 0.2) is 6.61 Å². The van der Waals surface area contributed by atoms with E-state index in [4.69, 9.17) is 4.74 Å². The maximum Gasteiger partial charge on any atom is 0.422 e. The summed E-state index contributed by atoms with van der Waals surface area (Å²) >= 11 is 1.54. The van der Waals surface area contributed by atoms with E-state index in [1.807, 2.05) is 13.0 Å². The summed E-state index contributed by atoms with van der Waals surface area (Å²) in [4.78, 5) is 23.7. The third kappa shape index (κ3) is 8.10. The molecule has 0 saturated carbocycles. The maximum absolute atomic E-state index is 12.3. The fourth-order valence-electron chi connectivity index (χ4n) is 3.46. The Morgan fingerprint density at radius 1 is 1.26 bits per heavy atom. The third-order valence-corrected chi connectivity index (χ3v) is 5.93. The number of carbonyl (C=O) groups is 1. The summed E-state index contributed by atoms with van der Waals surface area (Å²) in [6.45, 7) is 3.84. The number of carbonyl (C=O) groups excluding carboxylic acids is 1. The summed E-state index contributed by atoms with van der Waals surface area (Å²) < 4.78 is 41.8. The molecular formula is C21H27F3N4O2S. The van der Waals surface area contributed by atoms with Crippen molar-refractivity contribution >= 4 is 17.2 Å². The van der Waals surface area contributed by atoms with Gasteiger partial charge in [-0.25, -0.2) is 9.97 Å². The van der Waals surface area contributed by atoms with Gasteiger partial charge in [-0.15, -0.1) is 11.3 Å². The SMILES string of the molecule is Cc1ncc(CC(=O)NCCCCN2CCc3ccc(OCC(F)(F)F)nc3CC2)s1. The second kappa shape index (κ2) is 10.9. The molecule has 1 aliphatic rings. The monoisotopic (exact) mass is 456 g/mol. The fraction of sp³-hybridized carbons (Fsp3) is 0.571. The minimum absolute atomic E-state index is 0.0171. The number of nitrogens with one attached hydrogen (secondary N) is 1. The Labute approximate surface area is 183 Å². The first-order chi connectivity index (χ1) is 14.8. The molecule has 3 rings (SSSR count). The topological polar surface area (TPSA) is 67.4 Å². The van der Waals surface area contributed by atoms with Crippen LogP contribution in [-0.2, 0) is 24.1 Å². The Balaban J connectivity index is 1.34. The normalized spacial score (nSPS) is 14.7. The predicted octanol–water partition coefficient (Wildman–Crippen LogP) is 3.33. The minimum Gasteiger partial charge on any atom is -0.468 e. The number of aryl methyl sites for hydroxylation is 1. The maximum atomic E-state index is 12.3. The predicted molar refractivity (Wildman–Crippen MR) is 112 cm³/mol. The van der Waals surface area contributed by atoms with Gasteiger partial charge in [0.05, 0.1) is 11.4 Å². The van der Waals surface area contributed by atoms with E-state index < -0.39 is 12.8 Å². The second-order valence-electron chi connectivity index (χ2n) is 7.58. The van der Waals surface area contributed by atoms with E-state index in [0.29, 0.717) is 19.4 Å². The Hall–Kier alpha value is -2.20. The lowest BCUT2D eigenvalue weighted by Gasteiger charge is -2.19. The van der Waals surface area contributed by atoms with E-state index in [-0.39, 0.29) is 11.8 Å². The molecule has 3 heterocycles. The van der Waals surface area contributed by atoms with Crippen LogP contribution in [0.25, 0.3) is 0 Å². The molecular weight excluding hydrogens is 429 g/mol. The van der Waals surface area contributed by atoms with Crippen LogP contribution in [0, 0.1) is 6.92 Å². The van der Waals surface area contributed by atoms with Crippen LogP contribution in [-0.4, -0.2) is 59.7 Å². The molecule has 170 valence electrons. The van der Waals surface area contributed by atoms with Crippen LogP contribution in [0.1, 0.15) is 34.0 Å². The highest BCUT2D eigenvalue weighted by molar-refractivity contribution is 7.11. The second-order valence-corrected chi connectivity index (χ2v) is 8.90. The molecule has 0 fully saturated rings. The smallest absolute Gasteiger partial charge is 0.422 e. The van der Waals surface area contributed by atoms with Crippen LogP contribution in [0.15, 0.2) is 18.3 Å². The van der Waals surface area contributed by atoms with Crippen molar-refractivity contribution in [2.75, 3.05) is 32.8 Å². The van der Waals surface area contributed by atoms with E-state index in [2.05, 4.69) is 20.2 Å². The van der Waals surface area contributed by atoms with Gasteiger partial charge in [0, 0.05) is 48.9 Å². The van der Waals surface area contributed by atoms with Crippen LogP contribution < -0.4 is 10.1 Å². The van der Waals surface area contributed by atoms with Crippen molar-refractivity contribution in [3.05, 3.63) is 39.5 Å². The van der Waals surface area contributed by atoms with Crippen LogP contribution in [0.2, 0.25) is 0 Å². The molecule has 1 N–H and O–H groups in total. The number of hydrogen-bond acceptors (Lipinski definition) is 6. The Bertz CT molecular complexity index is 873.